The molecule has 1 atom stereocenters. The molecule has 0 bridgehead atoms. The summed E-state index contributed by atoms with van der Waals surface area (Å²) in [6.07, 6.45) is -3.72. The van der Waals surface area contributed by atoms with E-state index in [4.69, 9.17) is 4.74 Å². The number of hydrogen-bond acceptors (Lipinski definition) is 3. The Labute approximate surface area is 186 Å². The van der Waals surface area contributed by atoms with E-state index in [0.717, 1.165) is 12.5 Å². The average Bonchev–Trinajstić information content (AvgIpc) is 3.11. The van der Waals surface area contributed by atoms with Crippen LogP contribution in [0.1, 0.15) is 31.4 Å². The number of carbonyl (C=O) groups is 1. The van der Waals surface area contributed by atoms with Crippen LogP contribution < -0.4 is 15.4 Å². The van der Waals surface area contributed by atoms with Gasteiger partial charge in [0.15, 0.2) is 5.96 Å². The third kappa shape index (κ3) is 6.93. The predicted octanol–water partition coefficient (Wildman–Crippen LogP) is 3.25. The van der Waals surface area contributed by atoms with Crippen molar-refractivity contribution < 1.29 is 22.7 Å². The van der Waals surface area contributed by atoms with Gasteiger partial charge >= 0.3 is 6.18 Å². The van der Waals surface area contributed by atoms with Crippen LogP contribution in [0.25, 0.3) is 0 Å². The van der Waals surface area contributed by atoms with Gasteiger partial charge in [-0.3, -0.25) is 9.79 Å². The number of amides is 1. The highest BCUT2D eigenvalue weighted by molar-refractivity contribution is 14.0. The van der Waals surface area contributed by atoms with Gasteiger partial charge < -0.3 is 20.3 Å². The maximum atomic E-state index is 13.3. The van der Waals surface area contributed by atoms with E-state index in [9.17, 15) is 18.0 Å². The molecule has 6 nitrogen and oxygen atoms in total. The van der Waals surface area contributed by atoms with Gasteiger partial charge in [-0.2, -0.15) is 13.2 Å². The van der Waals surface area contributed by atoms with Crippen LogP contribution in [0.15, 0.2) is 23.2 Å². The zero-order valence-electron chi connectivity index (χ0n) is 17.0. The highest BCUT2D eigenvalue weighted by Crippen LogP contribution is 2.34. The fourth-order valence-corrected chi connectivity index (χ4v) is 3.11. The van der Waals surface area contributed by atoms with E-state index in [-0.39, 0.29) is 59.7 Å². The molecule has 0 aliphatic carbocycles. The second kappa shape index (κ2) is 10.9. The van der Waals surface area contributed by atoms with Crippen LogP contribution in [0, 0.1) is 5.92 Å². The number of nitrogens with one attached hydrogen (secondary N) is 2. The SMILES string of the molecule is CN=C(NCc1ccc(OC)cc1C(F)(F)F)NC1CCN(C(=O)C(C)C)C1.I. The Hall–Kier alpha value is -1.72. The standard InChI is InChI=1S/C19H27F3N4O2.HI/c1-12(2)17(27)26-8-7-14(11-26)25-18(23-3)24-10-13-5-6-15(28-4)9-16(13)19(20,21)22;/h5-6,9,12,14H,7-8,10-11H2,1-4H3,(H2,23,24,25);1H. The lowest BCUT2D eigenvalue weighted by molar-refractivity contribution is -0.138. The molecule has 2 rings (SSSR count). The summed E-state index contributed by atoms with van der Waals surface area (Å²) in [5.74, 6) is 0.583. The Bertz CT molecular complexity index is 726. The zero-order chi connectivity index (χ0) is 20.9. The van der Waals surface area contributed by atoms with Gasteiger partial charge in [-0.1, -0.05) is 19.9 Å². The van der Waals surface area contributed by atoms with Crippen molar-refractivity contribution in [1.29, 1.82) is 0 Å². The maximum absolute atomic E-state index is 13.3. The molecule has 2 N–H and O–H groups in total. The number of rotatable bonds is 5. The van der Waals surface area contributed by atoms with E-state index in [1.54, 1.807) is 11.9 Å². The molecular weight excluding hydrogens is 500 g/mol. The molecule has 0 radical (unpaired) electrons. The Balaban J connectivity index is 0.00000420. The van der Waals surface area contributed by atoms with Crippen LogP contribution >= 0.6 is 24.0 Å². The predicted molar refractivity (Wildman–Crippen MR) is 117 cm³/mol. The largest absolute Gasteiger partial charge is 0.497 e. The topological polar surface area (TPSA) is 66.0 Å². The minimum atomic E-state index is -4.48. The lowest BCUT2D eigenvalue weighted by Crippen LogP contribution is -2.45. The van der Waals surface area contributed by atoms with Crippen molar-refractivity contribution in [2.24, 2.45) is 10.9 Å². The second-order valence-corrected chi connectivity index (χ2v) is 7.02. The molecule has 1 unspecified atom stereocenters. The smallest absolute Gasteiger partial charge is 0.416 e. The number of methoxy groups -OCH3 is 1. The molecular formula is C19H28F3IN4O2. The summed E-state index contributed by atoms with van der Waals surface area (Å²) in [5.41, 5.74) is -0.649. The molecule has 29 heavy (non-hydrogen) atoms. The summed E-state index contributed by atoms with van der Waals surface area (Å²) in [7, 11) is 2.88. The first-order valence-electron chi connectivity index (χ1n) is 9.15. The van der Waals surface area contributed by atoms with Crippen LogP contribution in [0.2, 0.25) is 0 Å². The Kier molecular flexibility index (Phi) is 9.50. The number of alkyl halides is 3. The minimum Gasteiger partial charge on any atom is -0.497 e. The van der Waals surface area contributed by atoms with Crippen LogP contribution in [-0.4, -0.2) is 50.1 Å². The van der Waals surface area contributed by atoms with Crippen molar-refractivity contribution in [1.82, 2.24) is 15.5 Å². The van der Waals surface area contributed by atoms with Crippen molar-refractivity contribution in [3.05, 3.63) is 29.3 Å². The number of hydrogen-bond donors (Lipinski definition) is 2. The van der Waals surface area contributed by atoms with Crippen molar-refractivity contribution in [2.75, 3.05) is 27.2 Å². The van der Waals surface area contributed by atoms with E-state index >= 15 is 0 Å². The van der Waals surface area contributed by atoms with Gasteiger partial charge in [-0.05, 0) is 24.1 Å². The lowest BCUT2D eigenvalue weighted by atomic mass is 10.1. The summed E-state index contributed by atoms with van der Waals surface area (Å²) in [4.78, 5) is 18.0. The van der Waals surface area contributed by atoms with Crippen molar-refractivity contribution in [3.8, 4) is 5.75 Å². The van der Waals surface area contributed by atoms with Crippen molar-refractivity contribution >= 4 is 35.8 Å². The Morgan fingerprint density at radius 3 is 2.62 bits per heavy atom. The minimum absolute atomic E-state index is 0. The van der Waals surface area contributed by atoms with E-state index in [0.29, 0.717) is 19.0 Å². The fourth-order valence-electron chi connectivity index (χ4n) is 3.11. The van der Waals surface area contributed by atoms with Gasteiger partial charge in [-0.25, -0.2) is 0 Å². The van der Waals surface area contributed by atoms with Crippen molar-refractivity contribution in [2.45, 2.75) is 39.0 Å². The second-order valence-electron chi connectivity index (χ2n) is 7.02. The summed E-state index contributed by atoms with van der Waals surface area (Å²) in [6, 6.07) is 3.88. The van der Waals surface area contributed by atoms with E-state index < -0.39 is 11.7 Å². The maximum Gasteiger partial charge on any atom is 0.416 e. The third-order valence-corrected chi connectivity index (χ3v) is 4.63. The highest BCUT2D eigenvalue weighted by Gasteiger charge is 2.34. The number of likely N-dealkylation sites (tertiary alicyclic amines) is 1. The molecule has 0 saturated carbocycles. The Morgan fingerprint density at radius 2 is 2.07 bits per heavy atom. The number of benzene rings is 1. The first-order valence-corrected chi connectivity index (χ1v) is 9.15. The highest BCUT2D eigenvalue weighted by atomic mass is 127. The first-order chi connectivity index (χ1) is 13.2. The number of aliphatic imine (C=N–C) groups is 1. The molecule has 1 aromatic carbocycles. The number of halogens is 4. The Morgan fingerprint density at radius 1 is 1.38 bits per heavy atom. The van der Waals surface area contributed by atoms with Gasteiger partial charge in [0, 0.05) is 38.6 Å². The lowest BCUT2D eigenvalue weighted by Gasteiger charge is -2.21. The van der Waals surface area contributed by atoms with Crippen molar-refractivity contribution in [3.63, 3.8) is 0 Å². The monoisotopic (exact) mass is 528 g/mol. The summed E-state index contributed by atoms with van der Waals surface area (Å²) in [6.45, 7) is 4.88. The summed E-state index contributed by atoms with van der Waals surface area (Å²) >= 11 is 0. The first kappa shape index (κ1) is 25.3. The third-order valence-electron chi connectivity index (χ3n) is 4.63. The number of ether oxygens (including phenoxy) is 1. The molecule has 0 spiro atoms. The quantitative estimate of drug-likeness (QED) is 0.350. The molecule has 1 amide bonds. The molecule has 1 heterocycles. The molecule has 1 aliphatic rings. The molecule has 1 aliphatic heterocycles. The van der Waals surface area contributed by atoms with Crippen LogP contribution in [0.4, 0.5) is 13.2 Å². The number of nitrogens with zero attached hydrogens (tertiary/aromatic N) is 2. The van der Waals surface area contributed by atoms with Gasteiger partial charge in [0.25, 0.3) is 0 Å². The number of carbonyl (C=O) groups excluding carboxylic acids is 1. The molecule has 1 saturated heterocycles. The molecule has 164 valence electrons. The van der Waals surface area contributed by atoms with Gasteiger partial charge in [0.2, 0.25) is 5.91 Å². The molecule has 10 heteroatoms. The van der Waals surface area contributed by atoms with E-state index in [1.165, 1.54) is 19.2 Å². The summed E-state index contributed by atoms with van der Waals surface area (Å²) < 4.78 is 44.8. The molecule has 1 aromatic rings. The molecule has 0 aromatic heterocycles. The average molecular weight is 528 g/mol. The van der Waals surface area contributed by atoms with Gasteiger partial charge in [0.1, 0.15) is 5.75 Å². The zero-order valence-corrected chi connectivity index (χ0v) is 19.3. The van der Waals surface area contributed by atoms with Crippen LogP contribution in [-0.2, 0) is 17.5 Å². The van der Waals surface area contributed by atoms with E-state index in [2.05, 4.69) is 15.6 Å². The van der Waals surface area contributed by atoms with Gasteiger partial charge in [-0.15, -0.1) is 24.0 Å². The van der Waals surface area contributed by atoms with Gasteiger partial charge in [0.05, 0.1) is 12.7 Å². The molecule has 1 fully saturated rings. The number of guanidine groups is 1. The van der Waals surface area contributed by atoms with E-state index in [1.807, 2.05) is 13.8 Å². The summed E-state index contributed by atoms with van der Waals surface area (Å²) in [5, 5.41) is 6.10. The fraction of sp³-hybridized carbons (Fsp3) is 0.579. The normalized spacial score (nSPS) is 17.2. The van der Waals surface area contributed by atoms with Crippen LogP contribution in [0.5, 0.6) is 5.75 Å². The van der Waals surface area contributed by atoms with Crippen LogP contribution in [0.3, 0.4) is 0 Å².